The van der Waals surface area contributed by atoms with Crippen molar-refractivity contribution in [3.05, 3.63) is 69.3 Å². The molecule has 0 heterocycles. The molecule has 1 unspecified atom stereocenters. The van der Waals surface area contributed by atoms with Gasteiger partial charge >= 0.3 is 0 Å². The lowest BCUT2D eigenvalue weighted by atomic mass is 9.89. The second-order valence-electron chi connectivity index (χ2n) is 6.17. The number of hydrazine groups is 1. The van der Waals surface area contributed by atoms with E-state index in [1.54, 1.807) is 0 Å². The summed E-state index contributed by atoms with van der Waals surface area (Å²) < 4.78 is 0. The Labute approximate surface area is 128 Å². The minimum Gasteiger partial charge on any atom is -0.271 e. The number of hydrogen-bond acceptors (Lipinski definition) is 2. The summed E-state index contributed by atoms with van der Waals surface area (Å²) >= 11 is 0. The summed E-state index contributed by atoms with van der Waals surface area (Å²) in [6, 6.07) is 11.2. The number of rotatable bonds is 4. The van der Waals surface area contributed by atoms with Gasteiger partial charge < -0.3 is 0 Å². The van der Waals surface area contributed by atoms with Gasteiger partial charge in [-0.3, -0.25) is 11.3 Å². The van der Waals surface area contributed by atoms with Gasteiger partial charge in [0.05, 0.1) is 6.04 Å². The summed E-state index contributed by atoms with van der Waals surface area (Å²) in [6.07, 6.45) is 0.911. The first-order chi connectivity index (χ1) is 9.92. The molecule has 112 valence electrons. The van der Waals surface area contributed by atoms with E-state index in [4.69, 9.17) is 5.84 Å². The maximum atomic E-state index is 5.87. The Morgan fingerprint density at radius 2 is 1.48 bits per heavy atom. The Bertz CT molecular complexity index is 621. The van der Waals surface area contributed by atoms with E-state index >= 15 is 0 Å². The molecule has 0 aliphatic heterocycles. The molecular formula is C19H26N2. The lowest BCUT2D eigenvalue weighted by molar-refractivity contribution is 0.545. The van der Waals surface area contributed by atoms with Crippen molar-refractivity contribution in [2.24, 2.45) is 5.84 Å². The second-order valence-corrected chi connectivity index (χ2v) is 6.17. The number of nitrogens with two attached hydrogens (primary N) is 1. The Morgan fingerprint density at radius 3 is 2.05 bits per heavy atom. The minimum atomic E-state index is 0.145. The first-order valence-electron chi connectivity index (χ1n) is 7.52. The third-order valence-corrected chi connectivity index (χ3v) is 4.22. The average molecular weight is 282 g/mol. The van der Waals surface area contributed by atoms with Gasteiger partial charge in [-0.15, -0.1) is 0 Å². The van der Waals surface area contributed by atoms with Gasteiger partial charge in [-0.2, -0.15) is 0 Å². The van der Waals surface area contributed by atoms with E-state index in [0.717, 1.165) is 6.42 Å². The Morgan fingerprint density at radius 1 is 0.857 bits per heavy atom. The molecule has 0 spiro atoms. The van der Waals surface area contributed by atoms with Gasteiger partial charge in [-0.25, -0.2) is 0 Å². The molecule has 0 aliphatic carbocycles. The smallest absolute Gasteiger partial charge is 0.0505 e. The maximum Gasteiger partial charge on any atom is 0.0505 e. The Kier molecular flexibility index (Phi) is 4.81. The summed E-state index contributed by atoms with van der Waals surface area (Å²) in [7, 11) is 0. The summed E-state index contributed by atoms with van der Waals surface area (Å²) in [5.41, 5.74) is 12.2. The number of benzene rings is 2. The van der Waals surface area contributed by atoms with Crippen LogP contribution in [0, 0.1) is 34.6 Å². The van der Waals surface area contributed by atoms with Gasteiger partial charge in [0, 0.05) is 0 Å². The van der Waals surface area contributed by atoms with Crippen molar-refractivity contribution in [2.45, 2.75) is 47.1 Å². The summed E-state index contributed by atoms with van der Waals surface area (Å²) in [6.45, 7) is 10.8. The van der Waals surface area contributed by atoms with E-state index in [1.165, 1.54) is 38.9 Å². The van der Waals surface area contributed by atoms with Crippen LogP contribution >= 0.6 is 0 Å². The lowest BCUT2D eigenvalue weighted by Gasteiger charge is -2.22. The molecule has 21 heavy (non-hydrogen) atoms. The topological polar surface area (TPSA) is 38.0 Å². The van der Waals surface area contributed by atoms with E-state index < -0.39 is 0 Å². The monoisotopic (exact) mass is 282 g/mol. The molecule has 2 aromatic rings. The first kappa shape index (κ1) is 15.7. The zero-order valence-corrected chi connectivity index (χ0v) is 13.7. The lowest BCUT2D eigenvalue weighted by Crippen LogP contribution is -2.31. The van der Waals surface area contributed by atoms with Crippen LogP contribution in [0.3, 0.4) is 0 Å². The van der Waals surface area contributed by atoms with Crippen molar-refractivity contribution >= 4 is 0 Å². The van der Waals surface area contributed by atoms with Gasteiger partial charge in [0.15, 0.2) is 0 Å². The van der Waals surface area contributed by atoms with Crippen LogP contribution in [0.15, 0.2) is 30.3 Å². The molecule has 0 bridgehead atoms. The molecule has 0 radical (unpaired) electrons. The predicted octanol–water partition coefficient (Wildman–Crippen LogP) is 3.98. The van der Waals surface area contributed by atoms with E-state index in [-0.39, 0.29) is 6.04 Å². The molecule has 0 aliphatic rings. The van der Waals surface area contributed by atoms with Crippen molar-refractivity contribution < 1.29 is 0 Å². The van der Waals surface area contributed by atoms with E-state index in [9.17, 15) is 0 Å². The summed E-state index contributed by atoms with van der Waals surface area (Å²) in [5, 5.41) is 0. The molecule has 2 nitrogen and oxygen atoms in total. The van der Waals surface area contributed by atoms with Gasteiger partial charge in [0.25, 0.3) is 0 Å². The Balaban J connectivity index is 2.39. The highest BCUT2D eigenvalue weighted by Crippen LogP contribution is 2.27. The van der Waals surface area contributed by atoms with Gasteiger partial charge in [0.1, 0.15) is 0 Å². The molecule has 2 aromatic carbocycles. The highest BCUT2D eigenvalue weighted by Gasteiger charge is 2.17. The van der Waals surface area contributed by atoms with Crippen molar-refractivity contribution in [1.82, 2.24) is 5.43 Å². The van der Waals surface area contributed by atoms with E-state index in [2.05, 4.69) is 70.4 Å². The van der Waals surface area contributed by atoms with Crippen molar-refractivity contribution in [1.29, 1.82) is 0 Å². The van der Waals surface area contributed by atoms with Crippen LogP contribution in [0.4, 0.5) is 0 Å². The maximum absolute atomic E-state index is 5.87. The zero-order chi connectivity index (χ0) is 15.6. The Hall–Kier alpha value is -1.64. The molecule has 0 saturated heterocycles. The molecule has 0 fully saturated rings. The van der Waals surface area contributed by atoms with E-state index in [0.29, 0.717) is 0 Å². The standard InChI is InChI=1S/C19H26N2/c1-12-6-7-14(3)17(10-12)11-18(21-20)19-15(4)8-13(2)9-16(19)5/h6-10,18,21H,11,20H2,1-5H3. The molecule has 0 amide bonds. The number of aryl methyl sites for hydroxylation is 5. The molecule has 0 saturated carbocycles. The largest absolute Gasteiger partial charge is 0.271 e. The minimum absolute atomic E-state index is 0.145. The molecule has 0 aromatic heterocycles. The SMILES string of the molecule is Cc1cc(C)c(C(Cc2cc(C)ccc2C)NN)c(C)c1. The van der Waals surface area contributed by atoms with Gasteiger partial charge in [-0.1, -0.05) is 41.5 Å². The fourth-order valence-electron chi connectivity index (χ4n) is 3.23. The van der Waals surface area contributed by atoms with Crippen LogP contribution in [-0.4, -0.2) is 0 Å². The predicted molar refractivity (Wildman–Crippen MR) is 90.3 cm³/mol. The van der Waals surface area contributed by atoms with Crippen LogP contribution in [-0.2, 0) is 6.42 Å². The zero-order valence-electron chi connectivity index (χ0n) is 13.7. The highest BCUT2D eigenvalue weighted by molar-refractivity contribution is 5.41. The van der Waals surface area contributed by atoms with Crippen LogP contribution in [0.1, 0.15) is 45.0 Å². The normalized spacial score (nSPS) is 12.5. The second kappa shape index (κ2) is 6.42. The van der Waals surface area contributed by atoms with Gasteiger partial charge in [-0.05, 0) is 68.9 Å². The molecule has 1 atom stereocenters. The molecular weight excluding hydrogens is 256 g/mol. The van der Waals surface area contributed by atoms with Crippen LogP contribution in [0.25, 0.3) is 0 Å². The molecule has 2 heteroatoms. The van der Waals surface area contributed by atoms with Crippen molar-refractivity contribution in [3.63, 3.8) is 0 Å². The van der Waals surface area contributed by atoms with Crippen molar-refractivity contribution in [3.8, 4) is 0 Å². The number of hydrogen-bond donors (Lipinski definition) is 2. The fraction of sp³-hybridized carbons (Fsp3) is 0.368. The fourth-order valence-corrected chi connectivity index (χ4v) is 3.23. The van der Waals surface area contributed by atoms with Crippen LogP contribution < -0.4 is 11.3 Å². The quantitative estimate of drug-likeness (QED) is 0.657. The van der Waals surface area contributed by atoms with Crippen LogP contribution in [0.2, 0.25) is 0 Å². The molecule has 2 rings (SSSR count). The highest BCUT2D eigenvalue weighted by atomic mass is 15.2. The average Bonchev–Trinajstić information content (AvgIpc) is 2.40. The number of nitrogens with one attached hydrogen (secondary N) is 1. The first-order valence-corrected chi connectivity index (χ1v) is 7.52. The van der Waals surface area contributed by atoms with E-state index in [1.807, 2.05) is 0 Å². The third-order valence-electron chi connectivity index (χ3n) is 4.22. The summed E-state index contributed by atoms with van der Waals surface area (Å²) in [4.78, 5) is 0. The summed E-state index contributed by atoms with van der Waals surface area (Å²) in [5.74, 6) is 5.87. The third kappa shape index (κ3) is 3.52. The molecule has 3 N–H and O–H groups in total. The van der Waals surface area contributed by atoms with Crippen LogP contribution in [0.5, 0.6) is 0 Å². The van der Waals surface area contributed by atoms with Gasteiger partial charge in [0.2, 0.25) is 0 Å². The van der Waals surface area contributed by atoms with Crippen molar-refractivity contribution in [2.75, 3.05) is 0 Å².